The number of benzene rings is 4. The summed E-state index contributed by atoms with van der Waals surface area (Å²) in [5.74, 6) is 6.03. The van der Waals surface area contributed by atoms with Gasteiger partial charge < -0.3 is 40.9 Å². The minimum absolute atomic E-state index is 0. The molecule has 8 nitrogen and oxygen atoms in total. The van der Waals surface area contributed by atoms with E-state index in [4.69, 9.17) is 0 Å². The fourth-order valence-corrected chi connectivity index (χ4v) is 25.1. The number of phenolic OH excluding ortho intramolecular Hbond substituents is 8. The fourth-order valence-electron chi connectivity index (χ4n) is 22.9. The first kappa shape index (κ1) is 86.2. The summed E-state index contributed by atoms with van der Waals surface area (Å²) in [4.78, 5) is 2.21. The molecular weight excluding hydrogens is 1560 g/mol. The topological polar surface area (TPSA) is 162 Å². The van der Waals surface area contributed by atoms with Crippen LogP contribution in [-0.2, 0) is 38.5 Å². The van der Waals surface area contributed by atoms with E-state index in [2.05, 4.69) is 199 Å². The number of hydrogen-bond donors (Lipinski definition) is 8. The van der Waals surface area contributed by atoms with Gasteiger partial charge in [-0.3, -0.25) is 0 Å². The standard InChI is InChI=1S/2C23H33BrO2.2C23H31BrO2.CH4/c4*1-6-15-12-19(26)16(13-18(15)25)11-17-14(2)7-8-20-22(3,4)21(24)9-10-23(17,20)5;/h2*7,12-13,17,20-21,25-26H,6,8-11H2,1-5H3;2*6,12-13,17,20-21,25-26H,1-2,7-11H2,3-5H3;1H4/t3*17-,20+,21+,23-;17-,20-,21+,23-;/m1111./s1. The van der Waals surface area contributed by atoms with Crippen LogP contribution in [0.2, 0.25) is 0 Å². The predicted molar refractivity (Wildman–Crippen MR) is 456 cm³/mol. The molecule has 12 rings (SSSR count). The Balaban J connectivity index is 0.000000176. The lowest BCUT2D eigenvalue weighted by atomic mass is 9.47. The molecule has 6 saturated carbocycles. The number of phenols is 8. The first-order valence-corrected chi connectivity index (χ1v) is 42.8. The molecule has 580 valence electrons. The zero-order chi connectivity index (χ0) is 77.1. The van der Waals surface area contributed by atoms with Crippen molar-refractivity contribution in [2.45, 2.75) is 266 Å². The third kappa shape index (κ3) is 16.5. The summed E-state index contributed by atoms with van der Waals surface area (Å²) in [6.07, 6.45) is 28.6. The lowest BCUT2D eigenvalue weighted by Gasteiger charge is -2.59. The predicted octanol–water partition coefficient (Wildman–Crippen LogP) is 26.3. The van der Waals surface area contributed by atoms with E-state index >= 15 is 0 Å². The average molecular weight is 1700 g/mol. The summed E-state index contributed by atoms with van der Waals surface area (Å²) >= 11 is 15.7. The SMILES string of the molecule is C.C=Cc1cc(O)c(C[C@@H]2C(=C)CC[C@@H]3C(C)(C)[C@@H](Br)CC[C@]23C)cc1O.C=Cc1cc(O)c(C[C@@H]2C(=C)CC[C@H]3C(C)(C)[C@@H](Br)CC[C@]23C)cc1O.CCc1cc(O)c(C[C@@H]2C(C)=CC[C@H]3C(C)(C)[C@@H](Br)CC[C@]23C)cc1O.CCc1cc(O)c(C[C@@H]2C(C)=CC[C@H]3C(C)(C)[C@@H](Br)CC[C@]23C)cc1O. The number of alkyl halides is 4. The third-order valence-corrected chi connectivity index (χ3v) is 36.3. The van der Waals surface area contributed by atoms with Crippen molar-refractivity contribution < 1.29 is 40.9 Å². The maximum atomic E-state index is 10.6. The summed E-state index contributed by atoms with van der Waals surface area (Å²) in [6.45, 7) is 53.6. The summed E-state index contributed by atoms with van der Waals surface area (Å²) < 4.78 is 0. The molecule has 0 amide bonds. The molecular formula is C93H132Br4O8. The molecule has 0 spiro atoms. The van der Waals surface area contributed by atoms with E-state index in [1.807, 2.05) is 13.8 Å². The molecule has 0 heterocycles. The van der Waals surface area contributed by atoms with Crippen LogP contribution in [-0.4, -0.2) is 60.2 Å². The van der Waals surface area contributed by atoms with Gasteiger partial charge >= 0.3 is 0 Å². The van der Waals surface area contributed by atoms with Crippen LogP contribution in [0.5, 0.6) is 46.0 Å². The van der Waals surface area contributed by atoms with Crippen LogP contribution in [0.25, 0.3) is 12.2 Å². The molecule has 0 unspecified atom stereocenters. The molecule has 0 radical (unpaired) electrons. The van der Waals surface area contributed by atoms with Crippen LogP contribution < -0.4 is 0 Å². The molecule has 105 heavy (non-hydrogen) atoms. The Kier molecular flexibility index (Phi) is 27.0. The Hall–Kier alpha value is -4.36. The second kappa shape index (κ2) is 32.9. The Bertz CT molecular complexity index is 3660. The van der Waals surface area contributed by atoms with Crippen molar-refractivity contribution >= 4 is 75.9 Å². The molecule has 8 N–H and O–H groups in total. The quantitative estimate of drug-likeness (QED) is 0.0395. The van der Waals surface area contributed by atoms with Crippen molar-refractivity contribution in [3.8, 4) is 46.0 Å². The van der Waals surface area contributed by atoms with Crippen molar-refractivity contribution in [2.24, 2.45) is 90.7 Å². The largest absolute Gasteiger partial charge is 0.508 e. The molecule has 6 fully saturated rings. The molecule has 16 atom stereocenters. The maximum Gasteiger partial charge on any atom is 0.123 e. The molecule has 8 aliphatic carbocycles. The van der Waals surface area contributed by atoms with Crippen molar-refractivity contribution in [1.29, 1.82) is 0 Å². The highest BCUT2D eigenvalue weighted by Gasteiger charge is 2.59. The normalized spacial score (nSPS) is 33.2. The Morgan fingerprint density at radius 2 is 0.600 bits per heavy atom. The Morgan fingerprint density at radius 3 is 0.886 bits per heavy atom. The van der Waals surface area contributed by atoms with Crippen molar-refractivity contribution in [2.75, 3.05) is 0 Å². The number of fused-ring (bicyclic) bond motifs is 4. The van der Waals surface area contributed by atoms with E-state index in [0.29, 0.717) is 101 Å². The van der Waals surface area contributed by atoms with Gasteiger partial charge in [-0.15, -0.1) is 0 Å². The minimum Gasteiger partial charge on any atom is -0.508 e. The van der Waals surface area contributed by atoms with Crippen molar-refractivity contribution in [3.63, 3.8) is 0 Å². The highest BCUT2D eigenvalue weighted by molar-refractivity contribution is 9.10. The van der Waals surface area contributed by atoms with Crippen LogP contribution >= 0.6 is 63.7 Å². The number of rotatable bonds is 12. The second-order valence-electron chi connectivity index (χ2n) is 36.7. The summed E-state index contributed by atoms with van der Waals surface area (Å²) in [7, 11) is 0. The van der Waals surface area contributed by atoms with Crippen LogP contribution in [0.1, 0.15) is 253 Å². The van der Waals surface area contributed by atoms with Crippen LogP contribution in [0.4, 0.5) is 0 Å². The molecule has 0 aromatic heterocycles. The molecule has 8 aliphatic rings. The van der Waals surface area contributed by atoms with Crippen LogP contribution in [0, 0.1) is 90.7 Å². The number of aromatic hydroxyl groups is 8. The minimum atomic E-state index is 0. The fraction of sp³-hybridized carbons (Fsp3) is 0.613. The Labute approximate surface area is 667 Å². The van der Waals surface area contributed by atoms with E-state index < -0.39 is 0 Å². The summed E-state index contributed by atoms with van der Waals surface area (Å²) in [6, 6.07) is 13.7. The van der Waals surface area contributed by atoms with E-state index in [-0.39, 0.29) is 73.7 Å². The van der Waals surface area contributed by atoms with Gasteiger partial charge in [-0.25, -0.2) is 0 Å². The molecule has 0 aliphatic heterocycles. The lowest BCUT2D eigenvalue weighted by Crippen LogP contribution is -2.53. The second-order valence-corrected chi connectivity index (χ2v) is 41.2. The Morgan fingerprint density at radius 1 is 0.362 bits per heavy atom. The van der Waals surface area contributed by atoms with Gasteiger partial charge in [0.2, 0.25) is 0 Å². The van der Waals surface area contributed by atoms with Gasteiger partial charge in [0.15, 0.2) is 0 Å². The first-order valence-electron chi connectivity index (χ1n) is 39.1. The van der Waals surface area contributed by atoms with Gasteiger partial charge in [-0.05, 0) is 315 Å². The van der Waals surface area contributed by atoms with Gasteiger partial charge in [0.25, 0.3) is 0 Å². The van der Waals surface area contributed by atoms with Crippen molar-refractivity contribution in [1.82, 2.24) is 0 Å². The number of allylic oxidation sites excluding steroid dienone is 6. The van der Waals surface area contributed by atoms with E-state index in [0.717, 1.165) is 123 Å². The van der Waals surface area contributed by atoms with Gasteiger partial charge in [0.1, 0.15) is 46.0 Å². The first-order chi connectivity index (χ1) is 48.4. The number of halogens is 4. The maximum absolute atomic E-state index is 10.6. The smallest absolute Gasteiger partial charge is 0.123 e. The molecule has 0 bridgehead atoms. The highest BCUT2D eigenvalue weighted by atomic mass is 79.9. The highest BCUT2D eigenvalue weighted by Crippen LogP contribution is 2.67. The van der Waals surface area contributed by atoms with E-state index in [1.165, 1.54) is 60.8 Å². The van der Waals surface area contributed by atoms with Crippen LogP contribution in [0.3, 0.4) is 0 Å². The van der Waals surface area contributed by atoms with Crippen LogP contribution in [0.15, 0.2) is 109 Å². The van der Waals surface area contributed by atoms with Gasteiger partial charge in [-0.1, -0.05) is 241 Å². The third-order valence-electron chi connectivity index (χ3n) is 29.8. The lowest BCUT2D eigenvalue weighted by molar-refractivity contribution is -0.0462. The van der Waals surface area contributed by atoms with E-state index in [9.17, 15) is 40.9 Å². The summed E-state index contributed by atoms with van der Waals surface area (Å²) in [5.41, 5.74) is 13.3. The molecule has 12 heteroatoms. The van der Waals surface area contributed by atoms with Gasteiger partial charge in [0, 0.05) is 30.4 Å². The molecule has 4 aromatic rings. The zero-order valence-corrected chi connectivity index (χ0v) is 72.3. The molecule has 0 saturated heterocycles. The average Bonchev–Trinajstić information content (AvgIpc) is 0.748. The number of hydrogen-bond acceptors (Lipinski definition) is 8. The summed E-state index contributed by atoms with van der Waals surface area (Å²) in [5, 5.41) is 83.1. The monoisotopic (exact) mass is 1690 g/mol. The number of aryl methyl sites for hydroxylation is 2. The van der Waals surface area contributed by atoms with Gasteiger partial charge in [0.05, 0.1) is 0 Å². The van der Waals surface area contributed by atoms with Gasteiger partial charge in [-0.2, -0.15) is 0 Å². The van der Waals surface area contributed by atoms with E-state index in [1.54, 1.807) is 60.7 Å². The van der Waals surface area contributed by atoms with Crippen molar-refractivity contribution in [3.05, 3.63) is 154 Å². The zero-order valence-electron chi connectivity index (χ0n) is 65.9. The molecule has 4 aromatic carbocycles.